The molecular weight excluding hydrogens is 296 g/mol. The Kier molecular flexibility index (Phi) is 5.40. The van der Waals surface area contributed by atoms with Gasteiger partial charge in [-0.2, -0.15) is 4.98 Å². The molecule has 1 heterocycles. The molecule has 4 nitrogen and oxygen atoms in total. The molecule has 0 aliphatic heterocycles. The number of aromatic nitrogens is 2. The highest BCUT2D eigenvalue weighted by Gasteiger charge is 2.13. The van der Waals surface area contributed by atoms with Gasteiger partial charge in [0.05, 0.1) is 6.54 Å². The fourth-order valence-electron chi connectivity index (χ4n) is 2.48. The number of nitrogens with one attached hydrogen (secondary N) is 1. The third-order valence-corrected chi connectivity index (χ3v) is 3.69. The summed E-state index contributed by atoms with van der Waals surface area (Å²) in [6.07, 6.45) is 2.87. The van der Waals surface area contributed by atoms with Gasteiger partial charge in [0.2, 0.25) is 5.95 Å². The number of para-hydroxylation sites is 1. The third-order valence-electron chi connectivity index (χ3n) is 3.69. The van der Waals surface area contributed by atoms with E-state index in [9.17, 15) is 0 Å². The van der Waals surface area contributed by atoms with Crippen molar-refractivity contribution in [3.63, 3.8) is 0 Å². The van der Waals surface area contributed by atoms with Gasteiger partial charge in [-0.1, -0.05) is 55.5 Å². The molecule has 0 saturated carbocycles. The third kappa shape index (κ3) is 4.10. The molecule has 1 aromatic heterocycles. The molecule has 0 spiro atoms. The molecule has 3 aromatic rings. The normalized spacial score (nSPS) is 10.4. The van der Waals surface area contributed by atoms with Gasteiger partial charge in [-0.05, 0) is 30.2 Å². The van der Waals surface area contributed by atoms with Crippen LogP contribution in [-0.2, 0) is 6.54 Å². The lowest BCUT2D eigenvalue weighted by Crippen LogP contribution is -2.19. The van der Waals surface area contributed by atoms with Crippen molar-refractivity contribution < 1.29 is 0 Å². The summed E-state index contributed by atoms with van der Waals surface area (Å²) >= 11 is 0. The fraction of sp³-hybridized carbons (Fsp3) is 0.200. The summed E-state index contributed by atoms with van der Waals surface area (Å²) < 4.78 is 0. The van der Waals surface area contributed by atoms with Crippen LogP contribution in [0.15, 0.2) is 72.9 Å². The van der Waals surface area contributed by atoms with Crippen molar-refractivity contribution in [2.24, 2.45) is 0 Å². The molecule has 0 aliphatic carbocycles. The van der Waals surface area contributed by atoms with E-state index < -0.39 is 0 Å². The van der Waals surface area contributed by atoms with Crippen molar-refractivity contribution in [1.29, 1.82) is 0 Å². The molecule has 0 unspecified atom stereocenters. The van der Waals surface area contributed by atoms with Gasteiger partial charge >= 0.3 is 0 Å². The van der Waals surface area contributed by atoms with E-state index in [1.807, 2.05) is 30.3 Å². The lowest BCUT2D eigenvalue weighted by atomic mass is 10.2. The molecule has 0 bridgehead atoms. The largest absolute Gasteiger partial charge is 0.370 e. The molecule has 122 valence electrons. The standard InChI is InChI=1S/C20H22N4/c1-2-14-21-19-13-15-22-20(23-19)24(18-11-7-4-8-12-18)16-17-9-5-3-6-10-17/h3-13,15H,2,14,16H2,1H3,(H,21,22,23). The highest BCUT2D eigenvalue weighted by Crippen LogP contribution is 2.25. The maximum atomic E-state index is 4.69. The molecular formula is C20H22N4. The Morgan fingerprint density at radius 1 is 0.917 bits per heavy atom. The van der Waals surface area contributed by atoms with Crippen LogP contribution in [0, 0.1) is 0 Å². The van der Waals surface area contributed by atoms with E-state index in [1.54, 1.807) is 6.20 Å². The van der Waals surface area contributed by atoms with E-state index in [1.165, 1.54) is 5.56 Å². The molecule has 4 heteroatoms. The van der Waals surface area contributed by atoms with Gasteiger partial charge in [-0.25, -0.2) is 4.98 Å². The summed E-state index contributed by atoms with van der Waals surface area (Å²) in [5.74, 6) is 1.56. The molecule has 24 heavy (non-hydrogen) atoms. The first-order valence-corrected chi connectivity index (χ1v) is 8.30. The van der Waals surface area contributed by atoms with Crippen molar-refractivity contribution in [2.75, 3.05) is 16.8 Å². The maximum Gasteiger partial charge on any atom is 0.232 e. The van der Waals surface area contributed by atoms with Crippen LogP contribution in [0.1, 0.15) is 18.9 Å². The Hall–Kier alpha value is -2.88. The Morgan fingerprint density at radius 3 is 2.33 bits per heavy atom. The predicted molar refractivity (Wildman–Crippen MR) is 99.5 cm³/mol. The number of anilines is 3. The lowest BCUT2D eigenvalue weighted by molar-refractivity contribution is 0.904. The predicted octanol–water partition coefficient (Wildman–Crippen LogP) is 4.64. The van der Waals surface area contributed by atoms with Crippen molar-refractivity contribution in [1.82, 2.24) is 9.97 Å². The van der Waals surface area contributed by atoms with Crippen molar-refractivity contribution in [3.05, 3.63) is 78.5 Å². The van der Waals surface area contributed by atoms with E-state index in [2.05, 4.69) is 63.5 Å². The Morgan fingerprint density at radius 2 is 1.62 bits per heavy atom. The highest BCUT2D eigenvalue weighted by atomic mass is 15.3. The summed E-state index contributed by atoms with van der Waals surface area (Å²) in [4.78, 5) is 11.3. The minimum Gasteiger partial charge on any atom is -0.370 e. The van der Waals surface area contributed by atoms with Crippen LogP contribution in [0.3, 0.4) is 0 Å². The molecule has 1 N–H and O–H groups in total. The first-order valence-electron chi connectivity index (χ1n) is 8.30. The topological polar surface area (TPSA) is 41.1 Å². The molecule has 0 aliphatic rings. The van der Waals surface area contributed by atoms with E-state index in [0.29, 0.717) is 5.95 Å². The second-order valence-corrected chi connectivity index (χ2v) is 5.58. The van der Waals surface area contributed by atoms with Gasteiger partial charge in [-0.15, -0.1) is 0 Å². The summed E-state index contributed by atoms with van der Waals surface area (Å²) in [5, 5.41) is 3.33. The summed E-state index contributed by atoms with van der Waals surface area (Å²) in [5.41, 5.74) is 2.30. The van der Waals surface area contributed by atoms with Crippen LogP contribution in [0.4, 0.5) is 17.5 Å². The molecule has 3 rings (SSSR count). The zero-order valence-corrected chi connectivity index (χ0v) is 13.9. The zero-order valence-electron chi connectivity index (χ0n) is 13.9. The van der Waals surface area contributed by atoms with Crippen LogP contribution in [0.5, 0.6) is 0 Å². The SMILES string of the molecule is CCCNc1ccnc(N(Cc2ccccc2)c2ccccc2)n1. The first kappa shape index (κ1) is 16.0. The van der Waals surface area contributed by atoms with Crippen LogP contribution in [0.25, 0.3) is 0 Å². The minimum absolute atomic E-state index is 0.700. The van der Waals surface area contributed by atoms with E-state index >= 15 is 0 Å². The second-order valence-electron chi connectivity index (χ2n) is 5.58. The Labute approximate surface area is 143 Å². The van der Waals surface area contributed by atoms with E-state index in [0.717, 1.165) is 31.0 Å². The molecule has 0 atom stereocenters. The summed E-state index contributed by atoms with van der Waals surface area (Å²) in [6.45, 7) is 3.77. The van der Waals surface area contributed by atoms with Gasteiger partial charge in [0.1, 0.15) is 5.82 Å². The number of hydrogen-bond donors (Lipinski definition) is 1. The molecule has 0 saturated heterocycles. The Bertz CT molecular complexity index is 744. The van der Waals surface area contributed by atoms with Crippen LogP contribution in [0.2, 0.25) is 0 Å². The smallest absolute Gasteiger partial charge is 0.232 e. The average molecular weight is 318 g/mol. The molecule has 0 amide bonds. The van der Waals surface area contributed by atoms with Crippen molar-refractivity contribution in [2.45, 2.75) is 19.9 Å². The van der Waals surface area contributed by atoms with Gasteiger partial charge in [0, 0.05) is 18.4 Å². The van der Waals surface area contributed by atoms with Gasteiger partial charge in [-0.3, -0.25) is 0 Å². The monoisotopic (exact) mass is 318 g/mol. The second kappa shape index (κ2) is 8.11. The average Bonchev–Trinajstić information content (AvgIpc) is 2.66. The quantitative estimate of drug-likeness (QED) is 0.689. The first-order chi connectivity index (χ1) is 11.9. The number of benzene rings is 2. The van der Waals surface area contributed by atoms with E-state index in [-0.39, 0.29) is 0 Å². The van der Waals surface area contributed by atoms with Gasteiger partial charge in [0.15, 0.2) is 0 Å². The summed E-state index contributed by atoms with van der Waals surface area (Å²) in [7, 11) is 0. The molecule has 0 radical (unpaired) electrons. The summed E-state index contributed by atoms with van der Waals surface area (Å²) in [6, 6.07) is 22.5. The fourth-order valence-corrected chi connectivity index (χ4v) is 2.48. The van der Waals surface area contributed by atoms with Crippen LogP contribution in [-0.4, -0.2) is 16.5 Å². The lowest BCUT2D eigenvalue weighted by Gasteiger charge is -2.23. The minimum atomic E-state index is 0.700. The van der Waals surface area contributed by atoms with Gasteiger partial charge < -0.3 is 10.2 Å². The van der Waals surface area contributed by atoms with Crippen molar-refractivity contribution in [3.8, 4) is 0 Å². The Balaban J connectivity index is 1.92. The number of hydrogen-bond acceptors (Lipinski definition) is 4. The molecule has 2 aromatic carbocycles. The van der Waals surface area contributed by atoms with Crippen LogP contribution >= 0.6 is 0 Å². The number of nitrogens with zero attached hydrogens (tertiary/aromatic N) is 3. The van der Waals surface area contributed by atoms with Crippen molar-refractivity contribution >= 4 is 17.5 Å². The van der Waals surface area contributed by atoms with Gasteiger partial charge in [0.25, 0.3) is 0 Å². The van der Waals surface area contributed by atoms with E-state index in [4.69, 9.17) is 0 Å². The number of rotatable bonds is 7. The maximum absolute atomic E-state index is 4.69. The van der Waals surface area contributed by atoms with Crippen LogP contribution < -0.4 is 10.2 Å². The zero-order chi connectivity index (χ0) is 16.6. The molecule has 0 fully saturated rings. The highest BCUT2D eigenvalue weighted by molar-refractivity contribution is 5.58.